The number of amides is 1. The lowest BCUT2D eigenvalue weighted by Crippen LogP contribution is -2.59. The van der Waals surface area contributed by atoms with Crippen LogP contribution in [0.1, 0.15) is 131 Å². The van der Waals surface area contributed by atoms with Crippen molar-refractivity contribution in [3.8, 4) is 0 Å². The van der Waals surface area contributed by atoms with Crippen LogP contribution in [0.5, 0.6) is 0 Å². The van der Waals surface area contributed by atoms with E-state index in [0.29, 0.717) is 56.9 Å². The molecule has 60 heavy (non-hydrogen) atoms. The summed E-state index contributed by atoms with van der Waals surface area (Å²) in [6.45, 7) is 13.0. The van der Waals surface area contributed by atoms with E-state index < -0.39 is 60.2 Å². The SMILES string of the molecule is CC[C@@H]1/C=C(\C)C[C@H](C)C[C@H](OC)[C@H]2O[C@@](O)(CC(=O)N3CCCC[C@H]3C(=O)O[C@H](/C(C)=C/[C@@H]3CC[C@@H](O)[C@H](OC)C3)[C@H](C)[C@@H](OOCC3CC3)CC1=N)[C@H](C)C[C@@H]2OC. The zero-order chi connectivity index (χ0) is 43.7. The highest BCUT2D eigenvalue weighted by Crippen LogP contribution is 2.41. The third-order valence-corrected chi connectivity index (χ3v) is 14.2. The number of fused-ring (bicyclic) bond motifs is 3. The monoisotopic (exact) mass is 847 g/mol. The normalized spacial score (nSPS) is 40.8. The maximum absolute atomic E-state index is 14.6. The number of carbonyl (C=O) groups excluding carboxylic acids is 2. The summed E-state index contributed by atoms with van der Waals surface area (Å²) in [5.74, 6) is -2.98. The molecule has 3 aliphatic heterocycles. The minimum absolute atomic E-state index is 0.0865. The number of rotatable bonds is 10. The minimum atomic E-state index is -1.80. The molecule has 0 aromatic carbocycles. The molecule has 342 valence electrons. The molecule has 2 saturated carbocycles. The van der Waals surface area contributed by atoms with Crippen molar-refractivity contribution in [3.05, 3.63) is 23.3 Å². The quantitative estimate of drug-likeness (QED) is 0.0888. The number of hydrogen-bond acceptors (Lipinski definition) is 12. The molecule has 13 nitrogen and oxygen atoms in total. The van der Waals surface area contributed by atoms with E-state index in [0.717, 1.165) is 56.1 Å². The average Bonchev–Trinajstić information content (AvgIpc) is 4.06. The fourth-order valence-corrected chi connectivity index (χ4v) is 10.1. The molecule has 0 unspecified atom stereocenters. The van der Waals surface area contributed by atoms with Crippen LogP contribution in [0.25, 0.3) is 0 Å². The number of hydrogen-bond donors (Lipinski definition) is 3. The van der Waals surface area contributed by atoms with Crippen LogP contribution in [0, 0.1) is 40.9 Å². The molecule has 13 heteroatoms. The Hall–Kier alpha value is -2.23. The number of esters is 1. The standard InChI is InChI=1S/C47H78N2O11/c1-10-35-20-28(2)19-29(3)21-41(55-8)45-42(56-9)23-31(5)47(53,59-45)26-43(51)49-18-12-11-13-37(49)46(52)58-44(30(4)22-34-16-17-38(50)40(24-34)54-7)32(6)39(25-36(35)48)60-57-27-33-14-15-33/h20,22,29,31-35,37-42,44-45,48,50,53H,10-19,21,23-27H2,1-9H3/b28-20+,30-22+,48-36?/t29-,31+,32+,34-,35+,37-,38+,39-,40+,41-,42-,44+,45+,47-/m0/s1. The van der Waals surface area contributed by atoms with Gasteiger partial charge >= 0.3 is 5.97 Å². The number of carbonyl (C=O) groups is 2. The van der Waals surface area contributed by atoms with E-state index >= 15 is 0 Å². The zero-order valence-corrected chi connectivity index (χ0v) is 38.1. The molecular weight excluding hydrogens is 769 g/mol. The summed E-state index contributed by atoms with van der Waals surface area (Å²) < 4.78 is 30.8. The van der Waals surface area contributed by atoms with Crippen molar-refractivity contribution in [3.63, 3.8) is 0 Å². The van der Waals surface area contributed by atoms with Gasteiger partial charge in [0.1, 0.15) is 24.4 Å². The number of cyclic esters (lactones) is 1. The van der Waals surface area contributed by atoms with E-state index in [9.17, 15) is 25.2 Å². The van der Waals surface area contributed by atoms with E-state index in [-0.39, 0.29) is 48.7 Å². The average molecular weight is 847 g/mol. The molecule has 3 N–H and O–H groups in total. The number of nitrogens with zero attached hydrogens (tertiary/aromatic N) is 1. The van der Waals surface area contributed by atoms with Crippen LogP contribution in [-0.4, -0.2) is 122 Å². The fourth-order valence-electron chi connectivity index (χ4n) is 10.1. The minimum Gasteiger partial charge on any atom is -0.456 e. The molecule has 3 heterocycles. The van der Waals surface area contributed by atoms with Gasteiger partial charge in [-0.1, -0.05) is 45.4 Å². The van der Waals surface area contributed by atoms with Crippen LogP contribution >= 0.6 is 0 Å². The van der Waals surface area contributed by atoms with Crippen LogP contribution in [0.15, 0.2) is 23.3 Å². The summed E-state index contributed by atoms with van der Waals surface area (Å²) in [5, 5.41) is 32.2. The number of nitrogens with one attached hydrogen (secondary N) is 1. The predicted molar refractivity (Wildman–Crippen MR) is 228 cm³/mol. The Balaban J connectivity index is 1.54. The molecule has 2 bridgehead atoms. The summed E-state index contributed by atoms with van der Waals surface area (Å²) in [5.41, 5.74) is 2.51. The van der Waals surface area contributed by atoms with Gasteiger partial charge in [-0.3, -0.25) is 4.79 Å². The van der Waals surface area contributed by atoms with Crippen molar-refractivity contribution >= 4 is 17.6 Å². The van der Waals surface area contributed by atoms with Gasteiger partial charge in [-0.2, -0.15) is 0 Å². The highest BCUT2D eigenvalue weighted by molar-refractivity contribution is 5.86. The predicted octanol–water partition coefficient (Wildman–Crippen LogP) is 7.11. The molecule has 0 aromatic heterocycles. The summed E-state index contributed by atoms with van der Waals surface area (Å²) in [4.78, 5) is 42.8. The van der Waals surface area contributed by atoms with Gasteiger partial charge in [0, 0.05) is 57.8 Å². The first-order valence-electron chi connectivity index (χ1n) is 23.0. The molecule has 2 aliphatic carbocycles. The highest BCUT2D eigenvalue weighted by atomic mass is 17.2. The van der Waals surface area contributed by atoms with Gasteiger partial charge in [0.05, 0.1) is 37.4 Å². The van der Waals surface area contributed by atoms with Crippen molar-refractivity contribution in [1.82, 2.24) is 4.90 Å². The van der Waals surface area contributed by atoms with Crippen molar-refractivity contribution in [2.75, 3.05) is 34.5 Å². The number of methoxy groups -OCH3 is 3. The summed E-state index contributed by atoms with van der Waals surface area (Å²) in [6, 6.07) is -0.857. The summed E-state index contributed by atoms with van der Waals surface area (Å²) >= 11 is 0. The Morgan fingerprint density at radius 2 is 1.65 bits per heavy atom. The Bertz CT molecular complexity index is 1480. The van der Waals surface area contributed by atoms with E-state index in [1.165, 1.54) is 0 Å². The van der Waals surface area contributed by atoms with E-state index in [2.05, 4.69) is 32.9 Å². The van der Waals surface area contributed by atoms with Crippen molar-refractivity contribution in [2.24, 2.45) is 35.5 Å². The second kappa shape index (κ2) is 22.4. The number of aliphatic hydroxyl groups excluding tert-OH is 1. The van der Waals surface area contributed by atoms with Gasteiger partial charge < -0.3 is 44.2 Å². The molecule has 0 radical (unpaired) electrons. The van der Waals surface area contributed by atoms with Crippen LogP contribution in [-0.2, 0) is 43.0 Å². The Morgan fingerprint density at radius 3 is 2.32 bits per heavy atom. The number of ether oxygens (including phenoxy) is 5. The highest BCUT2D eigenvalue weighted by Gasteiger charge is 2.51. The van der Waals surface area contributed by atoms with Crippen molar-refractivity contribution in [2.45, 2.75) is 186 Å². The Kier molecular flexibility index (Phi) is 18.2. The van der Waals surface area contributed by atoms with Gasteiger partial charge in [0.25, 0.3) is 0 Å². The van der Waals surface area contributed by atoms with Gasteiger partial charge in [0.2, 0.25) is 5.91 Å². The van der Waals surface area contributed by atoms with Crippen LogP contribution in [0.2, 0.25) is 0 Å². The van der Waals surface area contributed by atoms with Crippen LogP contribution in [0.4, 0.5) is 0 Å². The van der Waals surface area contributed by atoms with Crippen LogP contribution in [0.3, 0.4) is 0 Å². The molecular formula is C47H78N2O11. The smallest absolute Gasteiger partial charge is 0.329 e. The molecule has 5 aliphatic rings. The topological polar surface area (TPSA) is 166 Å². The Morgan fingerprint density at radius 1 is 0.950 bits per heavy atom. The molecule has 0 aromatic rings. The molecule has 5 rings (SSSR count). The molecule has 14 atom stereocenters. The molecule has 0 spiro atoms. The third kappa shape index (κ3) is 12.7. The Labute approximate surface area is 359 Å². The zero-order valence-electron chi connectivity index (χ0n) is 38.1. The number of allylic oxidation sites excluding steroid dienone is 3. The second-order valence-electron chi connectivity index (χ2n) is 19.1. The maximum atomic E-state index is 14.6. The van der Waals surface area contributed by atoms with E-state index in [4.69, 9.17) is 33.5 Å². The van der Waals surface area contributed by atoms with Crippen molar-refractivity contribution in [1.29, 1.82) is 5.41 Å². The summed E-state index contributed by atoms with van der Waals surface area (Å²) in [7, 11) is 4.90. The van der Waals surface area contributed by atoms with Gasteiger partial charge in [-0.15, -0.1) is 0 Å². The lowest BCUT2D eigenvalue weighted by atomic mass is 9.81. The first kappa shape index (κ1) is 48.8. The van der Waals surface area contributed by atoms with Crippen LogP contribution < -0.4 is 0 Å². The lowest BCUT2D eigenvalue weighted by molar-refractivity contribution is -0.336. The van der Waals surface area contributed by atoms with Gasteiger partial charge in [0.15, 0.2) is 5.79 Å². The van der Waals surface area contributed by atoms with Gasteiger partial charge in [-0.25, -0.2) is 14.6 Å². The molecule has 1 amide bonds. The third-order valence-electron chi connectivity index (χ3n) is 14.2. The van der Waals surface area contributed by atoms with Gasteiger partial charge in [-0.05, 0) is 114 Å². The molecule has 4 fully saturated rings. The molecule has 2 saturated heterocycles. The van der Waals surface area contributed by atoms with E-state index in [1.807, 2.05) is 20.8 Å². The van der Waals surface area contributed by atoms with Crippen molar-refractivity contribution < 1.29 is 53.3 Å². The lowest BCUT2D eigenvalue weighted by Gasteiger charge is -2.48. The fraction of sp³-hybridized carbons (Fsp3) is 0.851. The van der Waals surface area contributed by atoms with E-state index in [1.54, 1.807) is 26.2 Å². The summed E-state index contributed by atoms with van der Waals surface area (Å²) in [6.07, 6.45) is 9.37. The number of piperidine rings is 1. The maximum Gasteiger partial charge on any atom is 0.329 e. The first-order valence-corrected chi connectivity index (χ1v) is 23.0. The largest absolute Gasteiger partial charge is 0.456 e. The number of aliphatic hydroxyl groups is 2. The second-order valence-corrected chi connectivity index (χ2v) is 19.1. The first-order chi connectivity index (χ1) is 28.6.